The lowest BCUT2D eigenvalue weighted by Crippen LogP contribution is -2.31. The van der Waals surface area contributed by atoms with Gasteiger partial charge in [-0.15, -0.1) is 4.36 Å². The van der Waals surface area contributed by atoms with Crippen molar-refractivity contribution in [1.82, 2.24) is 14.8 Å². The molecule has 2 amide bonds. The van der Waals surface area contributed by atoms with E-state index in [0.717, 1.165) is 60.3 Å². The second-order valence-electron chi connectivity index (χ2n) is 8.10. The van der Waals surface area contributed by atoms with E-state index in [4.69, 9.17) is 14.9 Å². The standard InChI is InChI=1S/C19H24N6O4S/c1-10-16(11-5-6-11)22-14-4-2-3-13(14)17(10)23-19(27)24-30(20,28)15-7-21-25-8-12(26)9-29-18(15)25/h7,11-12,26H,2-6,8-9H2,1H3,(H3,20,22,23,24,27,28). The van der Waals surface area contributed by atoms with Crippen molar-refractivity contribution < 1.29 is 18.8 Å². The molecule has 2 aromatic heterocycles. The molecule has 2 unspecified atom stereocenters. The number of ether oxygens (including phenoxy) is 1. The van der Waals surface area contributed by atoms with Gasteiger partial charge in [0.1, 0.15) is 17.6 Å². The number of pyridine rings is 1. The van der Waals surface area contributed by atoms with E-state index in [1.165, 1.54) is 10.9 Å². The van der Waals surface area contributed by atoms with Crippen LogP contribution in [0.2, 0.25) is 0 Å². The lowest BCUT2D eigenvalue weighted by molar-refractivity contribution is 0.0538. The predicted molar refractivity (Wildman–Crippen MR) is 109 cm³/mol. The van der Waals surface area contributed by atoms with Gasteiger partial charge in [-0.2, -0.15) is 5.10 Å². The molecule has 0 bridgehead atoms. The highest BCUT2D eigenvalue weighted by Crippen LogP contribution is 2.44. The van der Waals surface area contributed by atoms with Gasteiger partial charge in [0.2, 0.25) is 5.88 Å². The van der Waals surface area contributed by atoms with Crippen LogP contribution < -0.4 is 15.2 Å². The van der Waals surface area contributed by atoms with E-state index in [9.17, 15) is 14.1 Å². The molecule has 5 rings (SSSR count). The molecule has 0 aromatic carbocycles. The molecule has 1 aliphatic heterocycles. The molecule has 4 N–H and O–H groups in total. The number of nitrogens with zero attached hydrogens (tertiary/aromatic N) is 4. The maximum atomic E-state index is 13.0. The van der Waals surface area contributed by atoms with Crippen LogP contribution in [0.15, 0.2) is 15.5 Å². The van der Waals surface area contributed by atoms with E-state index in [0.29, 0.717) is 5.92 Å². The second kappa shape index (κ2) is 7.03. The minimum atomic E-state index is -3.58. The van der Waals surface area contributed by atoms with Gasteiger partial charge in [-0.1, -0.05) is 0 Å². The molecule has 3 heterocycles. The fourth-order valence-corrected chi connectivity index (χ4v) is 5.19. The number of anilines is 1. The van der Waals surface area contributed by atoms with E-state index < -0.39 is 22.1 Å². The molecule has 3 aliphatic rings. The van der Waals surface area contributed by atoms with Crippen LogP contribution in [0.4, 0.5) is 10.5 Å². The molecule has 160 valence electrons. The maximum Gasteiger partial charge on any atom is 0.354 e. The molecule has 2 aromatic rings. The predicted octanol–water partition coefficient (Wildman–Crippen LogP) is 1.64. The fourth-order valence-electron chi connectivity index (χ4n) is 4.19. The van der Waals surface area contributed by atoms with Gasteiger partial charge in [-0.3, -0.25) is 4.98 Å². The van der Waals surface area contributed by atoms with Gasteiger partial charge < -0.3 is 15.2 Å². The van der Waals surface area contributed by atoms with Gasteiger partial charge in [-0.05, 0) is 50.2 Å². The number of amides is 2. The third-order valence-corrected chi connectivity index (χ3v) is 7.14. The van der Waals surface area contributed by atoms with E-state index in [2.05, 4.69) is 14.8 Å². The number of nitrogens with one attached hydrogen (secondary N) is 1. The number of fused-ring (bicyclic) bond motifs is 2. The van der Waals surface area contributed by atoms with E-state index in [1.54, 1.807) is 0 Å². The first kappa shape index (κ1) is 19.5. The van der Waals surface area contributed by atoms with Crippen molar-refractivity contribution in [1.29, 1.82) is 0 Å². The quantitative estimate of drug-likeness (QED) is 0.672. The molecule has 1 fully saturated rings. The van der Waals surface area contributed by atoms with Crippen LogP contribution in [0.25, 0.3) is 0 Å². The Hall–Kier alpha value is -2.50. The molecule has 1 saturated carbocycles. The van der Waals surface area contributed by atoms with Crippen molar-refractivity contribution in [3.63, 3.8) is 0 Å². The number of rotatable bonds is 3. The van der Waals surface area contributed by atoms with Crippen molar-refractivity contribution in [2.45, 2.75) is 62.5 Å². The summed E-state index contributed by atoms with van der Waals surface area (Å²) < 4.78 is 23.6. The number of urea groups is 1. The Morgan fingerprint density at radius 1 is 1.43 bits per heavy atom. The van der Waals surface area contributed by atoms with Crippen LogP contribution in [0.5, 0.6) is 5.88 Å². The molecule has 2 atom stereocenters. The summed E-state index contributed by atoms with van der Waals surface area (Å²) in [7, 11) is -3.58. The summed E-state index contributed by atoms with van der Waals surface area (Å²) in [6.45, 7) is 2.19. The van der Waals surface area contributed by atoms with Gasteiger partial charge in [0.25, 0.3) is 0 Å². The first-order valence-corrected chi connectivity index (χ1v) is 11.7. The first-order valence-electron chi connectivity index (χ1n) is 10.1. The third-order valence-electron chi connectivity index (χ3n) is 5.79. The lowest BCUT2D eigenvalue weighted by Gasteiger charge is -2.20. The second-order valence-corrected chi connectivity index (χ2v) is 9.86. The Bertz CT molecular complexity index is 1160. The maximum absolute atomic E-state index is 13.0. The molecule has 11 heteroatoms. The average molecular weight is 433 g/mol. The molecule has 0 saturated heterocycles. The van der Waals surface area contributed by atoms with Crippen LogP contribution in [-0.4, -0.2) is 42.8 Å². The Labute approximate surface area is 174 Å². The Morgan fingerprint density at radius 3 is 3.00 bits per heavy atom. The summed E-state index contributed by atoms with van der Waals surface area (Å²) in [5.41, 5.74) is 4.77. The van der Waals surface area contributed by atoms with Crippen LogP contribution in [-0.2, 0) is 29.3 Å². The summed E-state index contributed by atoms with van der Waals surface area (Å²) in [6.07, 6.45) is 5.52. The minimum Gasteiger partial charge on any atom is -0.474 e. The van der Waals surface area contributed by atoms with E-state index in [-0.39, 0.29) is 23.9 Å². The third kappa shape index (κ3) is 3.36. The number of hydrogen-bond acceptors (Lipinski definition) is 6. The topological polar surface area (TPSA) is 145 Å². The van der Waals surface area contributed by atoms with Crippen molar-refractivity contribution in [2.24, 2.45) is 9.50 Å². The van der Waals surface area contributed by atoms with Crippen molar-refractivity contribution in [3.8, 4) is 5.88 Å². The number of hydrogen-bond donors (Lipinski definition) is 3. The first-order chi connectivity index (χ1) is 14.3. The zero-order valence-electron chi connectivity index (χ0n) is 16.6. The average Bonchev–Trinajstić information content (AvgIpc) is 3.25. The van der Waals surface area contributed by atoms with E-state index >= 15 is 0 Å². The number of aryl methyl sites for hydroxylation is 1. The van der Waals surface area contributed by atoms with Crippen LogP contribution >= 0.6 is 0 Å². The van der Waals surface area contributed by atoms with Crippen LogP contribution in [0.1, 0.15) is 47.7 Å². The summed E-state index contributed by atoms with van der Waals surface area (Å²) in [6, 6.07) is -0.775. The summed E-state index contributed by atoms with van der Waals surface area (Å²) in [5, 5.41) is 22.5. The van der Waals surface area contributed by atoms with Crippen molar-refractivity contribution in [2.75, 3.05) is 11.9 Å². The van der Waals surface area contributed by atoms with Crippen LogP contribution in [0.3, 0.4) is 0 Å². The number of aliphatic hydroxyl groups is 1. The summed E-state index contributed by atoms with van der Waals surface area (Å²) in [4.78, 5) is 17.6. The summed E-state index contributed by atoms with van der Waals surface area (Å²) in [5.74, 6) is 0.620. The van der Waals surface area contributed by atoms with Crippen LogP contribution in [0, 0.1) is 6.92 Å². The molecule has 0 spiro atoms. The number of aliphatic hydroxyl groups excluding tert-OH is 1. The van der Waals surface area contributed by atoms with Crippen molar-refractivity contribution >= 4 is 21.6 Å². The number of nitrogens with two attached hydrogens (primary N) is 1. The number of carbonyl (C=O) groups is 1. The Balaban J connectivity index is 1.47. The van der Waals surface area contributed by atoms with Gasteiger partial charge in [0.15, 0.2) is 9.92 Å². The highest BCUT2D eigenvalue weighted by molar-refractivity contribution is 7.91. The molecule has 10 nitrogen and oxygen atoms in total. The molecular weight excluding hydrogens is 408 g/mol. The normalized spacial score (nSPS) is 21.9. The molecule has 30 heavy (non-hydrogen) atoms. The smallest absolute Gasteiger partial charge is 0.354 e. The molecule has 2 aliphatic carbocycles. The lowest BCUT2D eigenvalue weighted by atomic mass is 10.0. The molecular formula is C19H24N6O4S. The number of carbonyl (C=O) groups excluding carboxylic acids is 1. The number of aromatic nitrogens is 3. The largest absolute Gasteiger partial charge is 0.474 e. The Morgan fingerprint density at radius 2 is 2.23 bits per heavy atom. The zero-order chi connectivity index (χ0) is 21.0. The van der Waals surface area contributed by atoms with Gasteiger partial charge in [0, 0.05) is 17.3 Å². The zero-order valence-corrected chi connectivity index (χ0v) is 17.4. The van der Waals surface area contributed by atoms with E-state index in [1.807, 2.05) is 6.92 Å². The van der Waals surface area contributed by atoms with Gasteiger partial charge >= 0.3 is 6.03 Å². The monoisotopic (exact) mass is 432 g/mol. The molecule has 0 radical (unpaired) electrons. The van der Waals surface area contributed by atoms with Gasteiger partial charge in [0.05, 0.1) is 18.4 Å². The fraction of sp³-hybridized carbons (Fsp3) is 0.526. The van der Waals surface area contributed by atoms with Gasteiger partial charge in [-0.25, -0.2) is 18.8 Å². The van der Waals surface area contributed by atoms with Crippen molar-refractivity contribution in [3.05, 3.63) is 28.7 Å². The highest BCUT2D eigenvalue weighted by atomic mass is 32.2. The SMILES string of the molecule is Cc1c(C2CC2)nc2c(c1NC(=O)N=S(N)(=O)c1cnn3c1OCC(O)C3)CCC2. The minimum absolute atomic E-state index is 0.0344. The summed E-state index contributed by atoms with van der Waals surface area (Å²) >= 11 is 0. The Kier molecular flexibility index (Phi) is 4.56. The highest BCUT2D eigenvalue weighted by Gasteiger charge is 2.32.